The summed E-state index contributed by atoms with van der Waals surface area (Å²) in [6, 6.07) is 9.04. The Kier molecular flexibility index (Phi) is 4.72. The maximum absolute atomic E-state index is 15.1. The Balaban J connectivity index is 1.45. The SMILES string of the molecule is Cn1c(-c2cc3cccnc3n2CC2CC2)nc2cc(C(=O)N3CCC[C@@H](N)C3)c(F)cc21. The average molecular weight is 447 g/mol. The Morgan fingerprint density at radius 3 is 2.88 bits per heavy atom. The summed E-state index contributed by atoms with van der Waals surface area (Å²) < 4.78 is 19.2. The molecule has 33 heavy (non-hydrogen) atoms. The smallest absolute Gasteiger partial charge is 0.256 e. The van der Waals surface area contributed by atoms with Crippen molar-refractivity contribution in [3.63, 3.8) is 0 Å². The van der Waals surface area contributed by atoms with Crippen molar-refractivity contribution in [1.82, 2.24) is 24.0 Å². The molecule has 3 aromatic heterocycles. The van der Waals surface area contributed by atoms with Crippen LogP contribution in [0.1, 0.15) is 36.0 Å². The first kappa shape index (κ1) is 20.4. The van der Waals surface area contributed by atoms with Crippen molar-refractivity contribution in [3.05, 3.63) is 47.9 Å². The van der Waals surface area contributed by atoms with Crippen LogP contribution in [-0.4, -0.2) is 49.0 Å². The number of hydrogen-bond donors (Lipinski definition) is 1. The molecule has 0 spiro atoms. The summed E-state index contributed by atoms with van der Waals surface area (Å²) in [5.41, 5.74) is 9.25. The lowest BCUT2D eigenvalue weighted by atomic mass is 10.0. The van der Waals surface area contributed by atoms with Gasteiger partial charge < -0.3 is 19.8 Å². The minimum atomic E-state index is -0.526. The zero-order valence-electron chi connectivity index (χ0n) is 18.7. The van der Waals surface area contributed by atoms with Crippen molar-refractivity contribution < 1.29 is 9.18 Å². The minimum absolute atomic E-state index is 0.0569. The molecule has 1 amide bonds. The number of piperidine rings is 1. The van der Waals surface area contributed by atoms with Gasteiger partial charge in [-0.15, -0.1) is 0 Å². The molecule has 2 N–H and O–H groups in total. The predicted octanol–water partition coefficient (Wildman–Crippen LogP) is 3.70. The van der Waals surface area contributed by atoms with Crippen LogP contribution in [0.3, 0.4) is 0 Å². The molecule has 1 aliphatic heterocycles. The summed E-state index contributed by atoms with van der Waals surface area (Å²) in [5, 5.41) is 1.06. The molecule has 8 heteroatoms. The minimum Gasteiger partial charge on any atom is -0.337 e. The summed E-state index contributed by atoms with van der Waals surface area (Å²) in [6.45, 7) is 1.95. The molecule has 1 saturated heterocycles. The highest BCUT2D eigenvalue weighted by Crippen LogP contribution is 2.36. The zero-order chi connectivity index (χ0) is 22.7. The standard InChI is InChI=1S/C25H27FN6O/c1-30-21-12-19(26)18(25(33)31-9-3-5-17(27)14-31)11-20(21)29-24(30)22-10-16-4-2-8-28-23(16)32(22)13-15-6-7-15/h2,4,8,10-12,15,17H,3,5-7,9,13-14,27H2,1H3/t17-/m1/s1. The van der Waals surface area contributed by atoms with Crippen LogP contribution in [0.15, 0.2) is 36.5 Å². The number of fused-ring (bicyclic) bond motifs is 2. The van der Waals surface area contributed by atoms with E-state index in [0.717, 1.165) is 41.9 Å². The van der Waals surface area contributed by atoms with Gasteiger partial charge in [0.05, 0.1) is 22.3 Å². The van der Waals surface area contributed by atoms with Gasteiger partial charge in [-0.05, 0) is 55.9 Å². The number of likely N-dealkylation sites (tertiary alicyclic amines) is 1. The fourth-order valence-corrected chi connectivity index (χ4v) is 4.99. The van der Waals surface area contributed by atoms with Crippen LogP contribution in [-0.2, 0) is 13.6 Å². The quantitative estimate of drug-likeness (QED) is 0.518. The largest absolute Gasteiger partial charge is 0.337 e. The van der Waals surface area contributed by atoms with Gasteiger partial charge in [0.15, 0.2) is 5.82 Å². The Bertz CT molecular complexity index is 1380. The van der Waals surface area contributed by atoms with Crippen LogP contribution in [0.25, 0.3) is 33.6 Å². The van der Waals surface area contributed by atoms with Crippen molar-refractivity contribution in [2.45, 2.75) is 38.3 Å². The number of nitrogens with two attached hydrogens (primary N) is 1. The molecule has 4 aromatic rings. The molecule has 2 fully saturated rings. The highest BCUT2D eigenvalue weighted by molar-refractivity contribution is 5.98. The number of aromatic nitrogens is 4. The lowest BCUT2D eigenvalue weighted by Crippen LogP contribution is -2.45. The first-order valence-corrected chi connectivity index (χ1v) is 11.6. The number of rotatable bonds is 4. The van der Waals surface area contributed by atoms with Gasteiger partial charge in [-0.25, -0.2) is 14.4 Å². The number of imidazole rings is 1. The topological polar surface area (TPSA) is 82.0 Å². The van der Waals surface area contributed by atoms with Crippen LogP contribution >= 0.6 is 0 Å². The van der Waals surface area contributed by atoms with Crippen molar-refractivity contribution in [2.24, 2.45) is 18.7 Å². The van der Waals surface area contributed by atoms with Gasteiger partial charge in [0.1, 0.15) is 11.5 Å². The van der Waals surface area contributed by atoms with Crippen molar-refractivity contribution >= 4 is 28.0 Å². The van der Waals surface area contributed by atoms with Crippen LogP contribution in [0.5, 0.6) is 0 Å². The van der Waals surface area contributed by atoms with E-state index in [1.54, 1.807) is 11.0 Å². The van der Waals surface area contributed by atoms with Gasteiger partial charge in [0.2, 0.25) is 0 Å². The number of hydrogen-bond acceptors (Lipinski definition) is 4. The van der Waals surface area contributed by atoms with Crippen molar-refractivity contribution in [3.8, 4) is 11.5 Å². The van der Waals surface area contributed by atoms with Crippen LogP contribution in [0.2, 0.25) is 0 Å². The van der Waals surface area contributed by atoms with E-state index < -0.39 is 5.82 Å². The second-order valence-electron chi connectivity index (χ2n) is 9.47. The Hall–Kier alpha value is -3.26. The number of halogens is 1. The zero-order valence-corrected chi connectivity index (χ0v) is 18.7. The molecule has 0 bridgehead atoms. The van der Waals surface area contributed by atoms with E-state index in [1.807, 2.05) is 23.9 Å². The van der Waals surface area contributed by atoms with Gasteiger partial charge in [-0.1, -0.05) is 0 Å². The van der Waals surface area contributed by atoms with Crippen molar-refractivity contribution in [1.29, 1.82) is 0 Å². The fourth-order valence-electron chi connectivity index (χ4n) is 4.99. The number of carbonyl (C=O) groups excluding carboxylic acids is 1. The number of amides is 1. The van der Waals surface area contributed by atoms with E-state index in [2.05, 4.69) is 21.7 Å². The maximum atomic E-state index is 15.1. The van der Waals surface area contributed by atoms with Crippen LogP contribution in [0.4, 0.5) is 4.39 Å². The monoisotopic (exact) mass is 446 g/mol. The van der Waals surface area contributed by atoms with E-state index >= 15 is 4.39 Å². The molecule has 1 aromatic carbocycles. The molecule has 2 aliphatic rings. The van der Waals surface area contributed by atoms with E-state index in [4.69, 9.17) is 10.7 Å². The van der Waals surface area contributed by atoms with Gasteiger partial charge in [0, 0.05) is 50.4 Å². The van der Waals surface area contributed by atoms with Gasteiger partial charge in [-0.3, -0.25) is 4.79 Å². The van der Waals surface area contributed by atoms with Gasteiger partial charge >= 0.3 is 0 Å². The second kappa shape index (κ2) is 7.66. The molecular weight excluding hydrogens is 419 g/mol. The highest BCUT2D eigenvalue weighted by atomic mass is 19.1. The summed E-state index contributed by atoms with van der Waals surface area (Å²) in [6.07, 6.45) is 5.99. The highest BCUT2D eigenvalue weighted by Gasteiger charge is 2.28. The number of carbonyl (C=O) groups is 1. The molecule has 1 saturated carbocycles. The first-order valence-electron chi connectivity index (χ1n) is 11.6. The van der Waals surface area contributed by atoms with E-state index in [0.29, 0.717) is 30.0 Å². The van der Waals surface area contributed by atoms with Crippen LogP contribution in [0, 0.1) is 11.7 Å². The van der Waals surface area contributed by atoms with E-state index in [1.165, 1.54) is 18.9 Å². The van der Waals surface area contributed by atoms with Gasteiger partial charge in [0.25, 0.3) is 5.91 Å². The Morgan fingerprint density at radius 2 is 2.09 bits per heavy atom. The molecule has 1 atom stereocenters. The Labute approximate surface area is 191 Å². The fraction of sp³-hybridized carbons (Fsp3) is 0.400. The summed E-state index contributed by atoms with van der Waals surface area (Å²) in [4.78, 5) is 24.2. The number of pyridine rings is 1. The molecule has 170 valence electrons. The summed E-state index contributed by atoms with van der Waals surface area (Å²) in [7, 11) is 1.89. The molecule has 1 aliphatic carbocycles. The third-order valence-electron chi connectivity index (χ3n) is 6.97. The molecule has 0 radical (unpaired) electrons. The van der Waals surface area contributed by atoms with Crippen molar-refractivity contribution in [2.75, 3.05) is 13.1 Å². The third-order valence-corrected chi connectivity index (χ3v) is 6.97. The first-order chi connectivity index (χ1) is 16.0. The molecule has 0 unspecified atom stereocenters. The van der Waals surface area contributed by atoms with Gasteiger partial charge in [-0.2, -0.15) is 0 Å². The second-order valence-corrected chi connectivity index (χ2v) is 9.47. The average Bonchev–Trinajstić information content (AvgIpc) is 3.49. The summed E-state index contributed by atoms with van der Waals surface area (Å²) in [5.74, 6) is 0.562. The third kappa shape index (κ3) is 3.49. The lowest BCUT2D eigenvalue weighted by Gasteiger charge is -2.30. The number of nitrogens with zero attached hydrogens (tertiary/aromatic N) is 5. The lowest BCUT2D eigenvalue weighted by molar-refractivity contribution is 0.0704. The van der Waals surface area contributed by atoms with E-state index in [9.17, 15) is 4.79 Å². The molecule has 7 nitrogen and oxygen atoms in total. The number of aryl methyl sites for hydroxylation is 1. The number of benzene rings is 1. The molecule has 4 heterocycles. The molecule has 6 rings (SSSR count). The Morgan fingerprint density at radius 1 is 1.24 bits per heavy atom. The molecular formula is C25H27FN6O. The van der Waals surface area contributed by atoms with E-state index in [-0.39, 0.29) is 17.5 Å². The predicted molar refractivity (Wildman–Crippen MR) is 125 cm³/mol. The summed E-state index contributed by atoms with van der Waals surface area (Å²) >= 11 is 0. The normalized spacial score (nSPS) is 19.0. The maximum Gasteiger partial charge on any atom is 0.256 e. The van der Waals surface area contributed by atoms with Crippen LogP contribution < -0.4 is 5.73 Å².